The van der Waals surface area contributed by atoms with Crippen LogP contribution in [0.4, 0.5) is 0 Å². The van der Waals surface area contributed by atoms with Crippen LogP contribution in [0, 0.1) is 6.92 Å². The van der Waals surface area contributed by atoms with Crippen LogP contribution in [0.2, 0.25) is 0 Å². The second-order valence-corrected chi connectivity index (χ2v) is 1.66. The fourth-order valence-corrected chi connectivity index (χ4v) is 0.508. The predicted molar refractivity (Wildman–Crippen MR) is 29.6 cm³/mol. The van der Waals surface area contributed by atoms with E-state index in [1.54, 1.807) is 6.92 Å². The molecule has 5 nitrogen and oxygen atoms in total. The number of aromatic nitrogens is 4. The van der Waals surface area contributed by atoms with Gasteiger partial charge in [0.25, 0.3) is 0 Å². The molecule has 1 rings (SSSR count). The van der Waals surface area contributed by atoms with Gasteiger partial charge in [0.2, 0.25) is 0 Å². The van der Waals surface area contributed by atoms with Crippen molar-refractivity contribution in [3.05, 3.63) is 5.82 Å². The lowest BCUT2D eigenvalue weighted by molar-refractivity contribution is 0.259. The Hall–Kier alpha value is -0.970. The second-order valence-electron chi connectivity index (χ2n) is 1.66. The van der Waals surface area contributed by atoms with E-state index in [1.807, 2.05) is 0 Å². The predicted octanol–water partition coefficient (Wildman–Crippen LogP) is -1.03. The number of hydrogen-bond donors (Lipinski definition) is 1. The molecule has 9 heavy (non-hydrogen) atoms. The lowest BCUT2D eigenvalue weighted by Gasteiger charge is -1.88. The molecule has 0 aromatic carbocycles. The van der Waals surface area contributed by atoms with Crippen LogP contribution in [0.3, 0.4) is 0 Å². The van der Waals surface area contributed by atoms with Crippen LogP contribution in [0.15, 0.2) is 0 Å². The summed E-state index contributed by atoms with van der Waals surface area (Å²) in [5, 5.41) is 19.5. The summed E-state index contributed by atoms with van der Waals surface area (Å²) in [5.74, 6) is 0.628. The van der Waals surface area contributed by atoms with Crippen molar-refractivity contribution in [3.8, 4) is 0 Å². The molecule has 1 N–H and O–H groups in total. The lowest BCUT2D eigenvalue weighted by Crippen LogP contribution is -2.05. The number of rotatable bonds is 2. The molecule has 0 spiro atoms. The minimum absolute atomic E-state index is 0.0514. The zero-order valence-corrected chi connectivity index (χ0v) is 5.15. The van der Waals surface area contributed by atoms with Crippen molar-refractivity contribution in [2.45, 2.75) is 13.5 Å². The molecule has 0 unspecified atom stereocenters. The third-order valence-electron chi connectivity index (χ3n) is 0.853. The molecular weight excluding hydrogens is 120 g/mol. The number of nitrogens with zero attached hydrogens (tertiary/aromatic N) is 4. The average molecular weight is 128 g/mol. The molecule has 0 saturated carbocycles. The van der Waals surface area contributed by atoms with Crippen molar-refractivity contribution in [2.75, 3.05) is 6.61 Å². The van der Waals surface area contributed by atoms with E-state index in [2.05, 4.69) is 15.4 Å². The van der Waals surface area contributed by atoms with Crippen molar-refractivity contribution < 1.29 is 5.11 Å². The minimum atomic E-state index is 0.0514. The summed E-state index contributed by atoms with van der Waals surface area (Å²) in [6.45, 7) is 2.22. The van der Waals surface area contributed by atoms with E-state index in [0.717, 1.165) is 0 Å². The van der Waals surface area contributed by atoms with E-state index < -0.39 is 0 Å². The number of tetrazole rings is 1. The zero-order chi connectivity index (χ0) is 6.69. The van der Waals surface area contributed by atoms with Gasteiger partial charge in [-0.2, -0.15) is 4.80 Å². The first-order chi connectivity index (χ1) is 4.33. The van der Waals surface area contributed by atoms with Crippen LogP contribution in [-0.2, 0) is 6.54 Å². The summed E-state index contributed by atoms with van der Waals surface area (Å²) in [4.78, 5) is 1.36. The summed E-state index contributed by atoms with van der Waals surface area (Å²) >= 11 is 0. The molecule has 50 valence electrons. The first-order valence-corrected chi connectivity index (χ1v) is 2.68. The molecule has 0 bridgehead atoms. The Balaban J connectivity index is 2.61. The van der Waals surface area contributed by atoms with Crippen LogP contribution in [0.1, 0.15) is 5.82 Å². The van der Waals surface area contributed by atoms with Crippen molar-refractivity contribution in [1.82, 2.24) is 20.2 Å². The van der Waals surface area contributed by atoms with E-state index in [4.69, 9.17) is 5.11 Å². The van der Waals surface area contributed by atoms with Gasteiger partial charge in [-0.1, -0.05) is 0 Å². The van der Waals surface area contributed by atoms with Gasteiger partial charge in [-0.25, -0.2) is 0 Å². The molecule has 0 amide bonds. The van der Waals surface area contributed by atoms with Crippen LogP contribution >= 0.6 is 0 Å². The van der Waals surface area contributed by atoms with Gasteiger partial charge in [-0.05, 0) is 12.1 Å². The SMILES string of the molecule is Cc1nnn(CCO)n1. The summed E-state index contributed by atoms with van der Waals surface area (Å²) in [6.07, 6.45) is 0. The maximum absolute atomic E-state index is 8.40. The monoisotopic (exact) mass is 128 g/mol. The third-order valence-corrected chi connectivity index (χ3v) is 0.853. The Morgan fingerprint density at radius 3 is 2.89 bits per heavy atom. The number of aryl methyl sites for hydroxylation is 1. The summed E-state index contributed by atoms with van der Waals surface area (Å²) in [6, 6.07) is 0. The molecular formula is C4H8N4O. The Morgan fingerprint density at radius 1 is 1.67 bits per heavy atom. The molecule has 1 heterocycles. The quantitative estimate of drug-likeness (QED) is 0.553. The molecule has 0 aliphatic carbocycles. The maximum Gasteiger partial charge on any atom is 0.171 e. The molecule has 0 aliphatic heterocycles. The van der Waals surface area contributed by atoms with Crippen molar-refractivity contribution in [2.24, 2.45) is 0 Å². The van der Waals surface area contributed by atoms with E-state index in [1.165, 1.54) is 4.80 Å². The average Bonchev–Trinajstić information content (AvgIpc) is 2.17. The largest absolute Gasteiger partial charge is 0.394 e. The Bertz CT molecular complexity index is 184. The summed E-state index contributed by atoms with van der Waals surface area (Å²) in [5.41, 5.74) is 0. The van der Waals surface area contributed by atoms with Gasteiger partial charge in [-0.3, -0.25) is 0 Å². The lowest BCUT2D eigenvalue weighted by atomic mass is 10.7. The smallest absolute Gasteiger partial charge is 0.171 e. The second kappa shape index (κ2) is 2.54. The summed E-state index contributed by atoms with van der Waals surface area (Å²) < 4.78 is 0. The normalized spacial score (nSPS) is 10.0. The molecule has 1 aromatic heterocycles. The molecule has 0 radical (unpaired) electrons. The molecule has 0 fully saturated rings. The van der Waals surface area contributed by atoms with Gasteiger partial charge in [0.15, 0.2) is 5.82 Å². The van der Waals surface area contributed by atoms with Crippen LogP contribution < -0.4 is 0 Å². The fraction of sp³-hybridized carbons (Fsp3) is 0.750. The van der Waals surface area contributed by atoms with Crippen LogP contribution in [-0.4, -0.2) is 31.9 Å². The number of aliphatic hydroxyl groups excluding tert-OH is 1. The highest BCUT2D eigenvalue weighted by atomic mass is 16.3. The fourth-order valence-electron chi connectivity index (χ4n) is 0.508. The highest BCUT2D eigenvalue weighted by Crippen LogP contribution is 1.79. The number of aliphatic hydroxyl groups is 1. The van der Waals surface area contributed by atoms with Crippen LogP contribution in [0.25, 0.3) is 0 Å². The Morgan fingerprint density at radius 2 is 2.44 bits per heavy atom. The van der Waals surface area contributed by atoms with E-state index in [0.29, 0.717) is 12.4 Å². The molecule has 0 atom stereocenters. The van der Waals surface area contributed by atoms with E-state index in [9.17, 15) is 0 Å². The molecule has 0 saturated heterocycles. The van der Waals surface area contributed by atoms with Gasteiger partial charge in [-0.15, -0.1) is 10.2 Å². The molecule has 5 heteroatoms. The van der Waals surface area contributed by atoms with E-state index in [-0.39, 0.29) is 6.61 Å². The van der Waals surface area contributed by atoms with Gasteiger partial charge in [0.05, 0.1) is 13.2 Å². The minimum Gasteiger partial charge on any atom is -0.394 e. The van der Waals surface area contributed by atoms with Gasteiger partial charge in [0, 0.05) is 0 Å². The summed E-state index contributed by atoms with van der Waals surface area (Å²) in [7, 11) is 0. The maximum atomic E-state index is 8.40. The standard InChI is InChI=1S/C4H8N4O/c1-4-5-7-8(6-4)2-3-9/h9H,2-3H2,1H3. The highest BCUT2D eigenvalue weighted by molar-refractivity contribution is 4.66. The number of hydrogen-bond acceptors (Lipinski definition) is 4. The van der Waals surface area contributed by atoms with Gasteiger partial charge in [0.1, 0.15) is 0 Å². The van der Waals surface area contributed by atoms with Gasteiger partial charge >= 0.3 is 0 Å². The topological polar surface area (TPSA) is 63.8 Å². The zero-order valence-electron chi connectivity index (χ0n) is 5.15. The first-order valence-electron chi connectivity index (χ1n) is 2.68. The Labute approximate surface area is 52.3 Å². The van der Waals surface area contributed by atoms with Gasteiger partial charge < -0.3 is 5.11 Å². The third kappa shape index (κ3) is 1.46. The van der Waals surface area contributed by atoms with E-state index >= 15 is 0 Å². The van der Waals surface area contributed by atoms with Crippen molar-refractivity contribution in [1.29, 1.82) is 0 Å². The van der Waals surface area contributed by atoms with Crippen molar-refractivity contribution >= 4 is 0 Å². The van der Waals surface area contributed by atoms with Crippen molar-refractivity contribution in [3.63, 3.8) is 0 Å². The molecule has 0 aliphatic rings. The first kappa shape index (κ1) is 6.15. The highest BCUT2D eigenvalue weighted by Gasteiger charge is 1.92. The molecule has 1 aromatic rings. The van der Waals surface area contributed by atoms with Crippen LogP contribution in [0.5, 0.6) is 0 Å². The Kier molecular flexibility index (Phi) is 1.74.